The summed E-state index contributed by atoms with van der Waals surface area (Å²) >= 11 is 0. The summed E-state index contributed by atoms with van der Waals surface area (Å²) in [6.07, 6.45) is 5.51. The number of aromatic nitrogens is 3. The van der Waals surface area contributed by atoms with E-state index >= 15 is 0 Å². The molecule has 0 saturated carbocycles. The van der Waals surface area contributed by atoms with Crippen molar-refractivity contribution in [3.05, 3.63) is 72.1 Å². The second kappa shape index (κ2) is 10.1. The lowest BCUT2D eigenvalue weighted by molar-refractivity contribution is 0.251. The lowest BCUT2D eigenvalue weighted by atomic mass is 9.99. The van der Waals surface area contributed by atoms with E-state index in [1.165, 1.54) is 17.7 Å². The molecular weight excluding hydrogens is 450 g/mol. The molecule has 1 aliphatic rings. The molecule has 1 atom stereocenters. The van der Waals surface area contributed by atoms with E-state index in [4.69, 9.17) is 4.74 Å². The Balaban J connectivity index is 1.47. The lowest BCUT2D eigenvalue weighted by Crippen LogP contribution is -2.44. The van der Waals surface area contributed by atoms with Gasteiger partial charge in [-0.1, -0.05) is 26.0 Å². The Labute approximate surface area is 212 Å². The molecule has 5 rings (SSSR count). The lowest BCUT2D eigenvalue weighted by Gasteiger charge is -2.40. The van der Waals surface area contributed by atoms with Crippen LogP contribution in [0.3, 0.4) is 0 Å². The predicted molar refractivity (Wildman–Crippen MR) is 143 cm³/mol. The van der Waals surface area contributed by atoms with E-state index in [-0.39, 0.29) is 11.9 Å². The number of likely N-dealkylation sites (tertiary alicyclic amines) is 1. The number of hydrogen-bond acceptors (Lipinski definition) is 7. The Morgan fingerprint density at radius 1 is 1.08 bits per heavy atom. The maximum absolute atomic E-state index is 10.3. The van der Waals surface area contributed by atoms with Crippen molar-refractivity contribution in [2.75, 3.05) is 25.0 Å². The van der Waals surface area contributed by atoms with Gasteiger partial charge < -0.3 is 19.6 Å². The molecule has 3 heterocycles. The maximum Gasteiger partial charge on any atom is 0.325 e. The average Bonchev–Trinajstić information content (AvgIpc) is 2.86. The van der Waals surface area contributed by atoms with Crippen molar-refractivity contribution in [3.8, 4) is 17.6 Å². The van der Waals surface area contributed by atoms with E-state index < -0.39 is 0 Å². The Morgan fingerprint density at radius 2 is 1.89 bits per heavy atom. The van der Waals surface area contributed by atoms with Crippen molar-refractivity contribution >= 4 is 22.3 Å². The average molecular weight is 484 g/mol. The van der Waals surface area contributed by atoms with Crippen molar-refractivity contribution in [2.45, 2.75) is 45.6 Å². The molecule has 1 saturated heterocycles. The number of fused-ring (bicyclic) bond motifs is 1. The summed E-state index contributed by atoms with van der Waals surface area (Å²) in [6.45, 7) is 8.70. The number of pyridine rings is 1. The largest absolute Gasteiger partial charge is 0.493 e. The molecule has 7 heteroatoms. The van der Waals surface area contributed by atoms with E-state index in [0.29, 0.717) is 28.6 Å². The van der Waals surface area contributed by atoms with Crippen LogP contribution in [0.2, 0.25) is 0 Å². The molecule has 7 nitrogen and oxygen atoms in total. The highest BCUT2D eigenvalue weighted by molar-refractivity contribution is 5.82. The van der Waals surface area contributed by atoms with Crippen LogP contribution in [-0.4, -0.2) is 51.1 Å². The van der Waals surface area contributed by atoms with Crippen LogP contribution in [0.5, 0.6) is 17.6 Å². The highest BCUT2D eigenvalue weighted by Crippen LogP contribution is 2.36. The normalized spacial score (nSPS) is 16.4. The second-order valence-corrected chi connectivity index (χ2v) is 9.95. The molecule has 0 aliphatic carbocycles. The van der Waals surface area contributed by atoms with Gasteiger partial charge in [0, 0.05) is 30.2 Å². The molecule has 186 valence electrons. The van der Waals surface area contributed by atoms with Gasteiger partial charge in [-0.25, -0.2) is 0 Å². The van der Waals surface area contributed by atoms with E-state index in [1.807, 2.05) is 12.1 Å². The Bertz CT molecular complexity index is 1360. The molecule has 36 heavy (non-hydrogen) atoms. The van der Waals surface area contributed by atoms with Crippen molar-refractivity contribution in [2.24, 2.45) is 0 Å². The zero-order valence-electron chi connectivity index (χ0n) is 21.3. The highest BCUT2D eigenvalue weighted by Gasteiger charge is 2.26. The van der Waals surface area contributed by atoms with Gasteiger partial charge in [0.15, 0.2) is 0 Å². The molecule has 2 aromatic heterocycles. The van der Waals surface area contributed by atoms with Gasteiger partial charge in [0.05, 0.1) is 17.1 Å². The zero-order valence-corrected chi connectivity index (χ0v) is 21.3. The maximum atomic E-state index is 10.3. The summed E-state index contributed by atoms with van der Waals surface area (Å²) in [5.41, 5.74) is 5.33. The van der Waals surface area contributed by atoms with Crippen molar-refractivity contribution in [1.82, 2.24) is 19.9 Å². The summed E-state index contributed by atoms with van der Waals surface area (Å²) in [5, 5.41) is 10.8. The molecule has 1 unspecified atom stereocenters. The molecule has 1 fully saturated rings. The second-order valence-electron chi connectivity index (χ2n) is 9.95. The molecule has 0 spiro atoms. The van der Waals surface area contributed by atoms with Gasteiger partial charge in [0.25, 0.3) is 0 Å². The Kier molecular flexibility index (Phi) is 6.74. The van der Waals surface area contributed by atoms with Gasteiger partial charge in [0.2, 0.25) is 5.88 Å². The standard InChI is InChI=1S/C29H33N5O2/c1-19(2)21-7-9-22(10-8-21)34(23-6-5-15-33(4)18-23)27-12-11-24(16-20(27)3)36-29-31-26-17-30-14-13-25(26)28(35)32-29/h7-14,16-17,19,23H,5-6,15,18H2,1-4H3,(H,31,32,35). The first-order valence-corrected chi connectivity index (χ1v) is 12.6. The van der Waals surface area contributed by atoms with Crippen LogP contribution in [0.15, 0.2) is 60.9 Å². The van der Waals surface area contributed by atoms with Crippen LogP contribution in [0, 0.1) is 6.92 Å². The van der Waals surface area contributed by atoms with Gasteiger partial charge in [-0.15, -0.1) is 0 Å². The summed E-state index contributed by atoms with van der Waals surface area (Å²) in [5.74, 6) is 0.997. The van der Waals surface area contributed by atoms with Gasteiger partial charge in [-0.3, -0.25) is 4.98 Å². The summed E-state index contributed by atoms with van der Waals surface area (Å²) in [6, 6.07) is 17.2. The molecule has 0 radical (unpaired) electrons. The minimum atomic E-state index is -0.122. The third kappa shape index (κ3) is 4.97. The Morgan fingerprint density at radius 3 is 2.61 bits per heavy atom. The minimum Gasteiger partial charge on any atom is -0.493 e. The van der Waals surface area contributed by atoms with Crippen LogP contribution < -0.4 is 9.64 Å². The van der Waals surface area contributed by atoms with Crippen LogP contribution in [0.25, 0.3) is 10.9 Å². The number of hydrogen-bond donors (Lipinski definition) is 1. The molecule has 4 aromatic rings. The Hall–Kier alpha value is -3.71. The van der Waals surface area contributed by atoms with E-state index in [1.54, 1.807) is 18.5 Å². The SMILES string of the molecule is Cc1cc(Oc2nc(O)c3ccncc3n2)ccc1N(c1ccc(C(C)C)cc1)C1CCCN(C)C1. The fourth-order valence-corrected chi connectivity index (χ4v) is 4.97. The number of rotatable bonds is 6. The first kappa shape index (κ1) is 24.0. The predicted octanol–water partition coefficient (Wildman–Crippen LogP) is 6.19. The van der Waals surface area contributed by atoms with Gasteiger partial charge in [-0.2, -0.15) is 9.97 Å². The van der Waals surface area contributed by atoms with E-state index in [9.17, 15) is 5.11 Å². The number of aromatic hydroxyl groups is 1. The van der Waals surface area contributed by atoms with Crippen LogP contribution in [0.4, 0.5) is 11.4 Å². The summed E-state index contributed by atoms with van der Waals surface area (Å²) < 4.78 is 5.96. The third-order valence-corrected chi connectivity index (χ3v) is 6.90. The highest BCUT2D eigenvalue weighted by atomic mass is 16.5. The number of anilines is 2. The fourth-order valence-electron chi connectivity index (χ4n) is 4.97. The van der Waals surface area contributed by atoms with Gasteiger partial charge >= 0.3 is 6.01 Å². The number of aryl methyl sites for hydroxylation is 1. The molecular formula is C29H33N5O2. The first-order chi connectivity index (χ1) is 17.4. The molecule has 1 N–H and O–H groups in total. The van der Waals surface area contributed by atoms with Crippen molar-refractivity contribution < 1.29 is 9.84 Å². The molecule has 1 aliphatic heterocycles. The molecule has 0 amide bonds. The quantitative estimate of drug-likeness (QED) is 0.351. The number of benzene rings is 2. The number of ether oxygens (including phenoxy) is 1. The van der Waals surface area contributed by atoms with Gasteiger partial charge in [0.1, 0.15) is 5.75 Å². The number of likely N-dealkylation sites (N-methyl/N-ethyl adjacent to an activating group) is 1. The third-order valence-electron chi connectivity index (χ3n) is 6.90. The van der Waals surface area contributed by atoms with E-state index in [2.05, 4.69) is 82.9 Å². The smallest absolute Gasteiger partial charge is 0.325 e. The molecule has 0 bridgehead atoms. The first-order valence-electron chi connectivity index (χ1n) is 12.6. The summed E-state index contributed by atoms with van der Waals surface area (Å²) in [4.78, 5) is 17.5. The zero-order chi connectivity index (χ0) is 25.2. The summed E-state index contributed by atoms with van der Waals surface area (Å²) in [7, 11) is 2.20. The van der Waals surface area contributed by atoms with Crippen LogP contribution in [-0.2, 0) is 0 Å². The van der Waals surface area contributed by atoms with Crippen molar-refractivity contribution in [3.63, 3.8) is 0 Å². The topological polar surface area (TPSA) is 74.6 Å². The number of nitrogens with zero attached hydrogens (tertiary/aromatic N) is 5. The van der Waals surface area contributed by atoms with Gasteiger partial charge in [-0.05, 0) is 86.8 Å². The minimum absolute atomic E-state index is 0.0928. The number of piperidine rings is 1. The van der Waals surface area contributed by atoms with Crippen LogP contribution >= 0.6 is 0 Å². The molecule has 2 aromatic carbocycles. The fraction of sp³-hybridized carbons (Fsp3) is 0.345. The van der Waals surface area contributed by atoms with Crippen LogP contribution in [0.1, 0.15) is 43.7 Å². The monoisotopic (exact) mass is 483 g/mol. The van der Waals surface area contributed by atoms with E-state index in [0.717, 1.165) is 30.8 Å². The van der Waals surface area contributed by atoms with Crippen molar-refractivity contribution in [1.29, 1.82) is 0 Å².